The van der Waals surface area contributed by atoms with Gasteiger partial charge in [-0.2, -0.15) is 5.06 Å². The molecule has 3 atom stereocenters. The highest BCUT2D eigenvalue weighted by molar-refractivity contribution is 5.24. The fourth-order valence-corrected chi connectivity index (χ4v) is 6.71. The first-order chi connectivity index (χ1) is 16.0. The minimum Gasteiger partial charge on any atom is -0.393 e. The van der Waals surface area contributed by atoms with Crippen LogP contribution in [0.3, 0.4) is 0 Å². The molecule has 3 heteroatoms. The number of nitrogens with zero attached hydrogens (tertiary/aromatic N) is 1. The largest absolute Gasteiger partial charge is 0.393 e. The van der Waals surface area contributed by atoms with E-state index in [1.54, 1.807) is 0 Å². The van der Waals surface area contributed by atoms with E-state index in [0.29, 0.717) is 0 Å². The molecule has 1 N–H and O–H groups in total. The van der Waals surface area contributed by atoms with E-state index in [1.165, 1.54) is 11.1 Å². The summed E-state index contributed by atoms with van der Waals surface area (Å²) < 4.78 is 0. The lowest BCUT2D eigenvalue weighted by Gasteiger charge is -2.55. The highest BCUT2D eigenvalue weighted by Crippen LogP contribution is 2.48. The van der Waals surface area contributed by atoms with Gasteiger partial charge in [0.1, 0.15) is 0 Å². The summed E-state index contributed by atoms with van der Waals surface area (Å²) in [6.45, 7) is 15.8. The zero-order valence-electron chi connectivity index (χ0n) is 22.6. The molecule has 2 aromatic rings. The molecule has 34 heavy (non-hydrogen) atoms. The van der Waals surface area contributed by atoms with Crippen LogP contribution in [0.1, 0.15) is 97.6 Å². The quantitative estimate of drug-likeness (QED) is 0.393. The Bertz CT molecular complexity index is 861. The van der Waals surface area contributed by atoms with Gasteiger partial charge in [-0.1, -0.05) is 80.9 Å². The standard InChI is InChI=1S/C31H47NO2/c1-8-20-31(7,21-19-25-15-11-9-12-16-25)28(26-17-13-10-14-18-26)24(2)34-32-29(3,4)22-27(33)23-30(32,5)6/h9-18,24,27-28,33H,8,19-23H2,1-7H3. The van der Waals surface area contributed by atoms with Crippen LogP contribution >= 0.6 is 0 Å². The van der Waals surface area contributed by atoms with Gasteiger partial charge in [0.05, 0.1) is 12.2 Å². The number of aryl methyl sites for hydroxylation is 1. The van der Waals surface area contributed by atoms with Gasteiger partial charge in [0.2, 0.25) is 0 Å². The monoisotopic (exact) mass is 465 g/mol. The summed E-state index contributed by atoms with van der Waals surface area (Å²) in [5, 5.41) is 12.7. The van der Waals surface area contributed by atoms with Crippen LogP contribution in [-0.4, -0.2) is 33.5 Å². The first-order valence-electron chi connectivity index (χ1n) is 13.2. The first kappa shape index (κ1) is 26.9. The Morgan fingerprint density at radius 2 is 1.47 bits per heavy atom. The molecule has 3 rings (SSSR count). The molecule has 0 aliphatic carbocycles. The van der Waals surface area contributed by atoms with E-state index < -0.39 is 0 Å². The second-order valence-corrected chi connectivity index (χ2v) is 12.1. The van der Waals surface area contributed by atoms with Crippen LogP contribution < -0.4 is 0 Å². The van der Waals surface area contributed by atoms with Crippen LogP contribution in [0.25, 0.3) is 0 Å². The minimum atomic E-state index is -0.290. The van der Waals surface area contributed by atoms with Gasteiger partial charge < -0.3 is 5.11 Å². The van der Waals surface area contributed by atoms with E-state index in [9.17, 15) is 5.11 Å². The molecule has 1 saturated heterocycles. The van der Waals surface area contributed by atoms with Gasteiger partial charge >= 0.3 is 0 Å². The molecule has 0 bridgehead atoms. The molecule has 3 unspecified atom stereocenters. The number of rotatable bonds is 10. The highest BCUT2D eigenvalue weighted by Gasteiger charge is 2.48. The number of aliphatic hydroxyl groups excluding tert-OH is 1. The van der Waals surface area contributed by atoms with Crippen molar-refractivity contribution in [2.24, 2.45) is 5.41 Å². The van der Waals surface area contributed by atoms with E-state index in [-0.39, 0.29) is 34.6 Å². The third kappa shape index (κ3) is 6.30. The van der Waals surface area contributed by atoms with Gasteiger partial charge in [-0.05, 0) is 83.3 Å². The summed E-state index contributed by atoms with van der Waals surface area (Å²) in [4.78, 5) is 6.95. The predicted molar refractivity (Wildman–Crippen MR) is 143 cm³/mol. The van der Waals surface area contributed by atoms with Gasteiger partial charge in [0, 0.05) is 17.0 Å². The summed E-state index contributed by atoms with van der Waals surface area (Å²) in [6, 6.07) is 21.8. The highest BCUT2D eigenvalue weighted by atomic mass is 16.7. The van der Waals surface area contributed by atoms with E-state index in [2.05, 4.69) is 114 Å². The summed E-state index contributed by atoms with van der Waals surface area (Å²) in [5.41, 5.74) is 2.38. The maximum atomic E-state index is 10.5. The second-order valence-electron chi connectivity index (χ2n) is 12.1. The Morgan fingerprint density at radius 3 is 2.00 bits per heavy atom. The van der Waals surface area contributed by atoms with Gasteiger partial charge in [-0.15, -0.1) is 0 Å². The molecule has 2 aromatic carbocycles. The van der Waals surface area contributed by atoms with Crippen LogP contribution in [0.4, 0.5) is 0 Å². The van der Waals surface area contributed by atoms with Crippen LogP contribution in [0.15, 0.2) is 60.7 Å². The van der Waals surface area contributed by atoms with Crippen LogP contribution in [0.2, 0.25) is 0 Å². The fourth-order valence-electron chi connectivity index (χ4n) is 6.71. The number of aliphatic hydroxyl groups is 1. The zero-order valence-corrected chi connectivity index (χ0v) is 22.6. The van der Waals surface area contributed by atoms with E-state index in [0.717, 1.165) is 38.5 Å². The van der Waals surface area contributed by atoms with Gasteiger partial charge in [-0.25, -0.2) is 0 Å². The number of hydrogen-bond acceptors (Lipinski definition) is 3. The van der Waals surface area contributed by atoms with Gasteiger partial charge in [0.25, 0.3) is 0 Å². The summed E-state index contributed by atoms with van der Waals surface area (Å²) >= 11 is 0. The third-order valence-electron chi connectivity index (χ3n) is 7.87. The predicted octanol–water partition coefficient (Wildman–Crippen LogP) is 7.54. The lowest BCUT2D eigenvalue weighted by molar-refractivity contribution is -0.318. The smallest absolute Gasteiger partial charge is 0.0839 e. The number of hydrogen-bond donors (Lipinski definition) is 1. The van der Waals surface area contributed by atoms with E-state index in [1.807, 2.05) is 0 Å². The molecule has 0 spiro atoms. The Kier molecular flexibility index (Phi) is 8.65. The average molecular weight is 466 g/mol. The van der Waals surface area contributed by atoms with Crippen molar-refractivity contribution in [2.45, 2.75) is 116 Å². The van der Waals surface area contributed by atoms with E-state index in [4.69, 9.17) is 4.84 Å². The molecule has 1 aliphatic rings. The fraction of sp³-hybridized carbons (Fsp3) is 0.613. The molecule has 3 nitrogen and oxygen atoms in total. The maximum absolute atomic E-state index is 10.5. The lowest BCUT2D eigenvalue weighted by Crippen LogP contribution is -2.62. The van der Waals surface area contributed by atoms with Gasteiger partial charge in [-0.3, -0.25) is 4.84 Å². The van der Waals surface area contributed by atoms with Crippen molar-refractivity contribution in [2.75, 3.05) is 0 Å². The van der Waals surface area contributed by atoms with Crippen molar-refractivity contribution in [1.29, 1.82) is 0 Å². The van der Waals surface area contributed by atoms with Crippen molar-refractivity contribution >= 4 is 0 Å². The molecule has 0 amide bonds. The molecule has 1 aliphatic heterocycles. The van der Waals surface area contributed by atoms with Crippen LogP contribution in [0.5, 0.6) is 0 Å². The van der Waals surface area contributed by atoms with Crippen molar-refractivity contribution in [3.63, 3.8) is 0 Å². The average Bonchev–Trinajstić information content (AvgIpc) is 2.76. The Balaban J connectivity index is 1.94. The SMILES string of the molecule is CCCC(C)(CCc1ccccc1)C(c1ccccc1)C(C)ON1C(C)(C)CC(O)CC1(C)C. The first-order valence-corrected chi connectivity index (χ1v) is 13.2. The molecule has 188 valence electrons. The molecular formula is C31H47NO2. The van der Waals surface area contributed by atoms with Crippen LogP contribution in [-0.2, 0) is 11.3 Å². The summed E-state index contributed by atoms with van der Waals surface area (Å²) in [5.74, 6) is 0.260. The second kappa shape index (κ2) is 10.9. The lowest BCUT2D eigenvalue weighted by atomic mass is 9.65. The van der Waals surface area contributed by atoms with E-state index >= 15 is 0 Å². The normalized spacial score (nSPS) is 22.1. The maximum Gasteiger partial charge on any atom is 0.0839 e. The number of piperidine rings is 1. The molecule has 0 aromatic heterocycles. The van der Waals surface area contributed by atoms with Gasteiger partial charge in [0.15, 0.2) is 0 Å². The van der Waals surface area contributed by atoms with Crippen LogP contribution in [0, 0.1) is 5.41 Å². The van der Waals surface area contributed by atoms with Crippen molar-refractivity contribution in [1.82, 2.24) is 5.06 Å². The summed E-state index contributed by atoms with van der Waals surface area (Å²) in [7, 11) is 0. The summed E-state index contributed by atoms with van der Waals surface area (Å²) in [6.07, 6.45) is 5.64. The molecule has 1 heterocycles. The van der Waals surface area contributed by atoms with Crippen molar-refractivity contribution < 1.29 is 9.94 Å². The minimum absolute atomic E-state index is 0.00326. The molecule has 0 saturated carbocycles. The van der Waals surface area contributed by atoms with Crippen molar-refractivity contribution in [3.05, 3.63) is 71.8 Å². The third-order valence-corrected chi connectivity index (χ3v) is 7.87. The number of benzene rings is 2. The Labute approximate surface area is 208 Å². The van der Waals surface area contributed by atoms with Crippen molar-refractivity contribution in [3.8, 4) is 0 Å². The molecular weight excluding hydrogens is 418 g/mol. The molecule has 0 radical (unpaired) electrons. The Hall–Kier alpha value is -1.68. The molecule has 1 fully saturated rings. The zero-order chi connectivity index (χ0) is 25.0. The number of hydroxylamine groups is 2. The Morgan fingerprint density at radius 1 is 0.941 bits per heavy atom. The topological polar surface area (TPSA) is 32.7 Å².